The van der Waals surface area contributed by atoms with E-state index in [-0.39, 0.29) is 37.9 Å². The first-order valence-corrected chi connectivity index (χ1v) is 12.2. The van der Waals surface area contributed by atoms with Crippen LogP contribution in [0.25, 0.3) is 0 Å². The van der Waals surface area contributed by atoms with Crippen LogP contribution in [0.1, 0.15) is 36.2 Å². The zero-order chi connectivity index (χ0) is 28.0. The lowest BCUT2D eigenvalue weighted by atomic mass is 10.0. The zero-order valence-corrected chi connectivity index (χ0v) is 23.0. The van der Waals surface area contributed by atoms with Gasteiger partial charge >= 0.3 is 0 Å². The van der Waals surface area contributed by atoms with Crippen molar-refractivity contribution in [3.05, 3.63) is 71.3 Å². The molecule has 6 N–H and O–H groups in total. The molecule has 8 nitrogen and oxygen atoms in total. The number of hydrogen-bond acceptors (Lipinski definition) is 6. The molecule has 6 atom stereocenters. The SMILES string of the molecule is Cl.Cl.N[C@@H](C(=O)N1CC[C@H](F)C1)[C@@H](O)c1ccc(F)cc1.N[C@H](C(=O)N1CC[C@H](F)C1)[C@H](O)c1ccc(F)cc1. The molecule has 0 aromatic heterocycles. The summed E-state index contributed by atoms with van der Waals surface area (Å²) in [5.41, 5.74) is 12.1. The molecule has 40 heavy (non-hydrogen) atoms. The molecule has 0 spiro atoms. The number of aliphatic hydroxyl groups excluding tert-OH is 2. The van der Waals surface area contributed by atoms with E-state index in [0.29, 0.717) is 37.1 Å². The van der Waals surface area contributed by atoms with Crippen LogP contribution >= 0.6 is 24.8 Å². The summed E-state index contributed by atoms with van der Waals surface area (Å²) >= 11 is 0. The van der Waals surface area contributed by atoms with Crippen LogP contribution in [0.2, 0.25) is 0 Å². The van der Waals surface area contributed by atoms with E-state index in [1.165, 1.54) is 58.3 Å². The second-order valence-electron chi connectivity index (χ2n) is 9.38. The molecule has 2 heterocycles. The molecular formula is C26H34Cl2F4N4O4. The number of carbonyl (C=O) groups is 2. The predicted octanol–water partition coefficient (Wildman–Crippen LogP) is 2.36. The molecule has 2 aromatic rings. The van der Waals surface area contributed by atoms with Gasteiger partial charge in [0, 0.05) is 13.1 Å². The number of nitrogens with zero attached hydrogens (tertiary/aromatic N) is 2. The first-order chi connectivity index (χ1) is 18.0. The quantitative estimate of drug-likeness (QED) is 0.370. The van der Waals surface area contributed by atoms with Crippen molar-refractivity contribution in [3.63, 3.8) is 0 Å². The maximum Gasteiger partial charge on any atom is 0.242 e. The van der Waals surface area contributed by atoms with Crippen LogP contribution in [-0.2, 0) is 9.59 Å². The third kappa shape index (κ3) is 9.28. The summed E-state index contributed by atoms with van der Waals surface area (Å²) in [5.74, 6) is -1.85. The fraction of sp³-hybridized carbons (Fsp3) is 0.462. The van der Waals surface area contributed by atoms with Gasteiger partial charge < -0.3 is 31.5 Å². The Balaban J connectivity index is 0.000000381. The van der Waals surface area contributed by atoms with Gasteiger partial charge in [0.2, 0.25) is 11.8 Å². The average molecular weight is 613 g/mol. The van der Waals surface area contributed by atoms with Crippen LogP contribution in [0.4, 0.5) is 17.6 Å². The van der Waals surface area contributed by atoms with Gasteiger partial charge in [0.15, 0.2) is 0 Å². The number of carbonyl (C=O) groups excluding carboxylic acids is 2. The summed E-state index contributed by atoms with van der Waals surface area (Å²) in [5, 5.41) is 20.0. The van der Waals surface area contributed by atoms with E-state index < -0.39 is 60.1 Å². The number of likely N-dealkylation sites (tertiary alicyclic amines) is 2. The second kappa shape index (κ2) is 16.1. The Morgan fingerprint density at radius 3 is 1.25 bits per heavy atom. The molecule has 2 fully saturated rings. The van der Waals surface area contributed by atoms with Gasteiger partial charge in [-0.2, -0.15) is 0 Å². The van der Waals surface area contributed by atoms with Gasteiger partial charge in [-0.1, -0.05) is 24.3 Å². The second-order valence-corrected chi connectivity index (χ2v) is 9.38. The summed E-state index contributed by atoms with van der Waals surface area (Å²) in [7, 11) is 0. The van der Waals surface area contributed by atoms with Gasteiger partial charge in [0.1, 0.15) is 48.3 Å². The van der Waals surface area contributed by atoms with E-state index in [2.05, 4.69) is 0 Å². The minimum absolute atomic E-state index is 0. The molecule has 224 valence electrons. The normalized spacial score (nSPS) is 21.2. The van der Waals surface area contributed by atoms with Gasteiger partial charge in [0.05, 0.1) is 13.1 Å². The smallest absolute Gasteiger partial charge is 0.242 e. The molecule has 0 radical (unpaired) electrons. The highest BCUT2D eigenvalue weighted by molar-refractivity contribution is 5.85. The highest BCUT2D eigenvalue weighted by Crippen LogP contribution is 2.21. The summed E-state index contributed by atoms with van der Waals surface area (Å²) in [6.45, 7) is 0.652. The third-order valence-corrected chi connectivity index (χ3v) is 6.56. The highest BCUT2D eigenvalue weighted by atomic mass is 35.5. The van der Waals surface area contributed by atoms with Crippen molar-refractivity contribution in [2.75, 3.05) is 26.2 Å². The van der Waals surface area contributed by atoms with Crippen LogP contribution in [0.3, 0.4) is 0 Å². The standard InChI is InChI=1S/2C13H16F2N2O2.2ClH/c2*14-9-3-1-8(2-4-9)12(18)11(16)13(19)17-6-5-10(15)7-17;;/h2*1-4,10-12,18H,5-7,16H2;2*1H/t10-,11+,12-;10-,11-,12+;;/m00../s1. The number of hydrogen-bond donors (Lipinski definition) is 4. The molecule has 2 amide bonds. The van der Waals surface area contributed by atoms with Crippen molar-refractivity contribution in [2.45, 2.75) is 49.5 Å². The van der Waals surface area contributed by atoms with Crippen molar-refractivity contribution in [3.8, 4) is 0 Å². The summed E-state index contributed by atoms with van der Waals surface area (Å²) in [6, 6.07) is 7.87. The fourth-order valence-electron chi connectivity index (χ4n) is 4.26. The number of nitrogens with two attached hydrogens (primary N) is 2. The van der Waals surface area contributed by atoms with Gasteiger partial charge in [-0.15, -0.1) is 24.8 Å². The Labute approximate surface area is 242 Å². The maximum absolute atomic E-state index is 13.0. The number of benzene rings is 2. The fourth-order valence-corrected chi connectivity index (χ4v) is 4.26. The van der Waals surface area contributed by atoms with E-state index in [1.54, 1.807) is 0 Å². The summed E-state index contributed by atoms with van der Waals surface area (Å²) < 4.78 is 51.6. The molecule has 0 bridgehead atoms. The summed E-state index contributed by atoms with van der Waals surface area (Å²) in [4.78, 5) is 26.6. The van der Waals surface area contributed by atoms with Crippen LogP contribution in [-0.4, -0.2) is 82.4 Å². The Morgan fingerprint density at radius 1 is 0.700 bits per heavy atom. The lowest BCUT2D eigenvalue weighted by Crippen LogP contribution is -2.46. The Bertz CT molecular complexity index is 1000. The first kappa shape index (κ1) is 35.5. The maximum atomic E-state index is 13.0. The number of rotatable bonds is 6. The lowest BCUT2D eigenvalue weighted by molar-refractivity contribution is -0.135. The van der Waals surface area contributed by atoms with Gasteiger partial charge in [-0.3, -0.25) is 9.59 Å². The zero-order valence-electron chi connectivity index (χ0n) is 21.4. The van der Waals surface area contributed by atoms with E-state index in [4.69, 9.17) is 11.5 Å². The third-order valence-electron chi connectivity index (χ3n) is 6.56. The first-order valence-electron chi connectivity index (χ1n) is 12.2. The Kier molecular flexibility index (Phi) is 14.3. The Hall–Kier alpha value is -2.48. The molecule has 4 rings (SSSR count). The van der Waals surface area contributed by atoms with Crippen LogP contribution in [0.5, 0.6) is 0 Å². The van der Waals surface area contributed by atoms with E-state index in [1.807, 2.05) is 0 Å². The van der Waals surface area contributed by atoms with Gasteiger partial charge in [-0.05, 0) is 48.2 Å². The summed E-state index contributed by atoms with van der Waals surface area (Å²) in [6.07, 6.45) is -3.92. The van der Waals surface area contributed by atoms with E-state index in [0.717, 1.165) is 0 Å². The predicted molar refractivity (Wildman–Crippen MR) is 145 cm³/mol. The Morgan fingerprint density at radius 2 is 1.00 bits per heavy atom. The van der Waals surface area contributed by atoms with E-state index in [9.17, 15) is 37.4 Å². The molecule has 2 saturated heterocycles. The van der Waals surface area contributed by atoms with Gasteiger partial charge in [-0.25, -0.2) is 17.6 Å². The molecule has 2 aliphatic heterocycles. The minimum Gasteiger partial charge on any atom is -0.386 e. The molecule has 2 aromatic carbocycles. The largest absolute Gasteiger partial charge is 0.386 e. The monoisotopic (exact) mass is 612 g/mol. The molecule has 0 saturated carbocycles. The van der Waals surface area contributed by atoms with Gasteiger partial charge in [0.25, 0.3) is 0 Å². The number of halogens is 6. The number of aliphatic hydroxyl groups is 2. The van der Waals surface area contributed by atoms with Crippen LogP contribution in [0, 0.1) is 11.6 Å². The average Bonchev–Trinajstić information content (AvgIpc) is 3.55. The minimum atomic E-state index is -1.23. The van der Waals surface area contributed by atoms with Crippen molar-refractivity contribution >= 4 is 36.6 Å². The van der Waals surface area contributed by atoms with Crippen LogP contribution in [0.15, 0.2) is 48.5 Å². The number of alkyl halides is 2. The van der Waals surface area contributed by atoms with Crippen molar-refractivity contribution in [1.29, 1.82) is 0 Å². The molecule has 0 unspecified atom stereocenters. The lowest BCUT2D eigenvalue weighted by Gasteiger charge is -2.24. The van der Waals surface area contributed by atoms with Crippen molar-refractivity contribution in [2.24, 2.45) is 11.5 Å². The van der Waals surface area contributed by atoms with E-state index >= 15 is 0 Å². The highest BCUT2D eigenvalue weighted by Gasteiger charge is 2.34. The number of amides is 2. The van der Waals surface area contributed by atoms with Crippen LogP contribution < -0.4 is 11.5 Å². The molecule has 2 aliphatic rings. The molecule has 0 aliphatic carbocycles. The molecule has 14 heteroatoms. The topological polar surface area (TPSA) is 133 Å². The van der Waals surface area contributed by atoms with Crippen molar-refractivity contribution in [1.82, 2.24) is 9.80 Å². The molecular weight excluding hydrogens is 579 g/mol. The van der Waals surface area contributed by atoms with Crippen molar-refractivity contribution < 1.29 is 37.4 Å².